The maximum absolute atomic E-state index is 5.30. The number of hydrogen-bond donors (Lipinski definition) is 3. The molecule has 0 radical (unpaired) electrons. The number of aromatic nitrogens is 1. The van der Waals surface area contributed by atoms with Crippen molar-refractivity contribution in [1.29, 1.82) is 0 Å². The van der Waals surface area contributed by atoms with E-state index in [1.54, 1.807) is 6.20 Å². The molecule has 0 unspecified atom stereocenters. The summed E-state index contributed by atoms with van der Waals surface area (Å²) in [6, 6.07) is 0. The number of aryl methyl sites for hydroxylation is 1. The summed E-state index contributed by atoms with van der Waals surface area (Å²) in [4.78, 5) is 7.86. The molecule has 0 aliphatic rings. The van der Waals surface area contributed by atoms with Crippen LogP contribution in [0.25, 0.3) is 0 Å². The molecule has 1 aromatic rings. The van der Waals surface area contributed by atoms with Crippen LogP contribution >= 0.6 is 0 Å². The minimum absolute atomic E-state index is 0.163. The smallest absolute Gasteiger partial charge is 0.216 e. The van der Waals surface area contributed by atoms with E-state index >= 15 is 0 Å². The zero-order valence-corrected chi connectivity index (χ0v) is 7.45. The molecule has 0 atom stereocenters. The second-order valence-electron chi connectivity index (χ2n) is 2.42. The van der Waals surface area contributed by atoms with Gasteiger partial charge in [-0.1, -0.05) is 6.92 Å². The maximum atomic E-state index is 5.30. The first kappa shape index (κ1) is 9.53. The molecule has 0 aromatic carbocycles. The van der Waals surface area contributed by atoms with Crippen molar-refractivity contribution in [2.24, 2.45) is 16.6 Å². The van der Waals surface area contributed by atoms with E-state index in [9.17, 15) is 0 Å². The molecule has 1 rings (SSSR count). The first-order valence-electron chi connectivity index (χ1n) is 3.96. The van der Waals surface area contributed by atoms with Crippen molar-refractivity contribution in [2.75, 3.05) is 0 Å². The topological polar surface area (TPSA) is 102 Å². The number of nitrogens with two attached hydrogens (primary N) is 2. The lowest BCUT2D eigenvalue weighted by Gasteiger charge is -1.95. The van der Waals surface area contributed by atoms with Crippen molar-refractivity contribution in [3.8, 4) is 0 Å². The number of hydrazine groups is 1. The lowest BCUT2D eigenvalue weighted by atomic mass is 10.4. The van der Waals surface area contributed by atoms with Gasteiger partial charge in [-0.15, -0.1) is 0 Å². The monoisotopic (exact) mass is 183 g/mol. The fraction of sp³-hybridized carbons (Fsp3) is 0.429. The van der Waals surface area contributed by atoms with Crippen LogP contribution in [0.2, 0.25) is 0 Å². The summed E-state index contributed by atoms with van der Waals surface area (Å²) < 4.78 is 5.29. The lowest BCUT2D eigenvalue weighted by molar-refractivity contribution is 0.461. The van der Waals surface area contributed by atoms with E-state index in [1.807, 2.05) is 6.92 Å². The predicted octanol–water partition coefficient (Wildman–Crippen LogP) is -0.485. The van der Waals surface area contributed by atoms with Crippen LogP contribution in [0.5, 0.6) is 0 Å². The van der Waals surface area contributed by atoms with Crippen molar-refractivity contribution in [2.45, 2.75) is 19.9 Å². The average molecular weight is 183 g/mol. The Hall–Kier alpha value is -1.56. The quantitative estimate of drug-likeness (QED) is 0.254. The molecule has 13 heavy (non-hydrogen) atoms. The molecule has 0 saturated carbocycles. The highest BCUT2D eigenvalue weighted by Gasteiger charge is 2.00. The van der Waals surface area contributed by atoms with Gasteiger partial charge < -0.3 is 10.2 Å². The second-order valence-corrected chi connectivity index (χ2v) is 2.42. The SMILES string of the molecule is CCc1cnc(CN=C(N)NN)o1. The van der Waals surface area contributed by atoms with Crippen LogP contribution in [-0.2, 0) is 13.0 Å². The van der Waals surface area contributed by atoms with Crippen LogP contribution in [0, 0.1) is 0 Å². The summed E-state index contributed by atoms with van der Waals surface area (Å²) in [5.41, 5.74) is 7.52. The Morgan fingerprint density at radius 3 is 3.08 bits per heavy atom. The third-order valence-corrected chi connectivity index (χ3v) is 1.48. The van der Waals surface area contributed by atoms with Crippen LogP contribution in [-0.4, -0.2) is 10.9 Å². The average Bonchev–Trinajstić information content (AvgIpc) is 2.61. The van der Waals surface area contributed by atoms with Crippen LogP contribution < -0.4 is 17.0 Å². The number of guanidine groups is 1. The molecule has 5 N–H and O–H groups in total. The van der Waals surface area contributed by atoms with E-state index in [0.29, 0.717) is 12.4 Å². The van der Waals surface area contributed by atoms with Crippen molar-refractivity contribution < 1.29 is 4.42 Å². The molecule has 0 bridgehead atoms. The van der Waals surface area contributed by atoms with Gasteiger partial charge >= 0.3 is 0 Å². The summed E-state index contributed by atoms with van der Waals surface area (Å²) >= 11 is 0. The van der Waals surface area contributed by atoms with E-state index in [2.05, 4.69) is 15.4 Å². The van der Waals surface area contributed by atoms with Crippen LogP contribution in [0.3, 0.4) is 0 Å². The Morgan fingerprint density at radius 2 is 2.54 bits per heavy atom. The van der Waals surface area contributed by atoms with Gasteiger partial charge in [0, 0.05) is 6.42 Å². The number of rotatable bonds is 3. The van der Waals surface area contributed by atoms with Gasteiger partial charge in [-0.3, -0.25) is 5.43 Å². The molecular formula is C7H13N5O. The second kappa shape index (κ2) is 4.46. The Balaban J connectivity index is 2.54. The molecule has 0 aliphatic heterocycles. The Bertz CT molecular complexity index is 293. The van der Waals surface area contributed by atoms with Gasteiger partial charge in [-0.2, -0.15) is 0 Å². The standard InChI is InChI=1S/C7H13N5O/c1-2-5-3-10-6(13-5)4-11-7(8)12-9/h3H,2,4,9H2,1H3,(H3,8,11,12). The van der Waals surface area contributed by atoms with E-state index in [4.69, 9.17) is 16.0 Å². The number of hydrogen-bond acceptors (Lipinski definition) is 4. The highest BCUT2D eigenvalue weighted by molar-refractivity contribution is 5.76. The molecule has 0 amide bonds. The summed E-state index contributed by atoms with van der Waals surface area (Å²) in [7, 11) is 0. The molecule has 1 heterocycles. The van der Waals surface area contributed by atoms with E-state index in [-0.39, 0.29) is 5.96 Å². The van der Waals surface area contributed by atoms with Gasteiger partial charge in [0.15, 0.2) is 0 Å². The Morgan fingerprint density at radius 1 is 1.77 bits per heavy atom. The number of nitrogens with one attached hydrogen (secondary N) is 1. The molecule has 0 aliphatic carbocycles. The first-order chi connectivity index (χ1) is 6.26. The van der Waals surface area contributed by atoms with Crippen molar-refractivity contribution in [1.82, 2.24) is 10.4 Å². The molecule has 6 nitrogen and oxygen atoms in total. The lowest BCUT2D eigenvalue weighted by Crippen LogP contribution is -2.37. The van der Waals surface area contributed by atoms with Gasteiger partial charge in [0.05, 0.1) is 6.20 Å². The zero-order valence-electron chi connectivity index (χ0n) is 7.45. The summed E-state index contributed by atoms with van der Waals surface area (Å²) in [5.74, 6) is 6.55. The van der Waals surface area contributed by atoms with E-state index < -0.39 is 0 Å². The van der Waals surface area contributed by atoms with Crippen LogP contribution in [0.1, 0.15) is 18.6 Å². The normalized spacial score (nSPS) is 11.7. The third-order valence-electron chi connectivity index (χ3n) is 1.48. The Kier molecular flexibility index (Phi) is 3.27. The maximum Gasteiger partial charge on any atom is 0.216 e. The highest BCUT2D eigenvalue weighted by atomic mass is 16.4. The van der Waals surface area contributed by atoms with Crippen LogP contribution in [0.4, 0.5) is 0 Å². The molecule has 0 fully saturated rings. The third kappa shape index (κ3) is 2.75. The largest absolute Gasteiger partial charge is 0.444 e. The first-order valence-corrected chi connectivity index (χ1v) is 3.96. The minimum Gasteiger partial charge on any atom is -0.444 e. The van der Waals surface area contributed by atoms with Crippen molar-refractivity contribution in [3.63, 3.8) is 0 Å². The van der Waals surface area contributed by atoms with Gasteiger partial charge in [-0.05, 0) is 0 Å². The van der Waals surface area contributed by atoms with E-state index in [0.717, 1.165) is 12.2 Å². The molecule has 0 saturated heterocycles. The zero-order chi connectivity index (χ0) is 9.68. The summed E-state index contributed by atoms with van der Waals surface area (Å²) in [6.07, 6.45) is 2.50. The van der Waals surface area contributed by atoms with Gasteiger partial charge in [-0.25, -0.2) is 15.8 Å². The molecular weight excluding hydrogens is 170 g/mol. The summed E-state index contributed by atoms with van der Waals surface area (Å²) in [5, 5.41) is 0. The highest BCUT2D eigenvalue weighted by Crippen LogP contribution is 2.04. The molecule has 0 spiro atoms. The predicted molar refractivity (Wildman–Crippen MR) is 48.5 cm³/mol. The Labute approximate surface area is 76.0 Å². The van der Waals surface area contributed by atoms with Gasteiger partial charge in [0.1, 0.15) is 12.3 Å². The fourth-order valence-corrected chi connectivity index (χ4v) is 0.783. The number of oxazole rings is 1. The van der Waals surface area contributed by atoms with Crippen LogP contribution in [0.15, 0.2) is 15.6 Å². The number of nitrogens with zero attached hydrogens (tertiary/aromatic N) is 2. The number of aliphatic imine (C=N–C) groups is 1. The molecule has 72 valence electrons. The molecule has 6 heteroatoms. The fourth-order valence-electron chi connectivity index (χ4n) is 0.783. The van der Waals surface area contributed by atoms with Crippen molar-refractivity contribution in [3.05, 3.63) is 17.8 Å². The van der Waals surface area contributed by atoms with E-state index in [1.165, 1.54) is 0 Å². The van der Waals surface area contributed by atoms with Crippen molar-refractivity contribution >= 4 is 5.96 Å². The van der Waals surface area contributed by atoms with Gasteiger partial charge in [0.25, 0.3) is 0 Å². The minimum atomic E-state index is 0.163. The summed E-state index contributed by atoms with van der Waals surface area (Å²) in [6.45, 7) is 2.29. The van der Waals surface area contributed by atoms with Gasteiger partial charge in [0.2, 0.25) is 11.9 Å². The molecule has 1 aromatic heterocycles.